The van der Waals surface area contributed by atoms with Crippen LogP contribution in [0.1, 0.15) is 40.0 Å². The highest BCUT2D eigenvalue weighted by Gasteiger charge is 2.17. The first-order chi connectivity index (χ1) is 17.2. The zero-order valence-electron chi connectivity index (χ0n) is 22.2. The minimum atomic E-state index is -0.292. The fraction of sp³-hybridized carbons (Fsp3) is 0.464. The molecule has 0 fully saturated rings. The Labute approximate surface area is 213 Å². The quantitative estimate of drug-likeness (QED) is 0.408. The molecule has 1 heterocycles. The van der Waals surface area contributed by atoms with Gasteiger partial charge in [-0.25, -0.2) is 4.98 Å². The minimum absolute atomic E-state index is 0.0411. The summed E-state index contributed by atoms with van der Waals surface area (Å²) < 4.78 is 12.8. The van der Waals surface area contributed by atoms with Crippen LogP contribution in [0, 0.1) is 0 Å². The van der Waals surface area contributed by atoms with Crippen LogP contribution in [-0.4, -0.2) is 60.3 Å². The number of carbonyl (C=O) groups is 1. The van der Waals surface area contributed by atoms with E-state index < -0.39 is 0 Å². The number of hydrogen-bond donors (Lipinski definition) is 1. The maximum Gasteiger partial charge on any atom is 0.262 e. The van der Waals surface area contributed by atoms with Crippen LogP contribution in [0.3, 0.4) is 0 Å². The molecule has 1 amide bonds. The van der Waals surface area contributed by atoms with Gasteiger partial charge in [-0.05, 0) is 71.1 Å². The Morgan fingerprint density at radius 1 is 1.11 bits per heavy atom. The van der Waals surface area contributed by atoms with E-state index in [2.05, 4.69) is 31.2 Å². The molecule has 0 saturated carbocycles. The summed E-state index contributed by atoms with van der Waals surface area (Å²) in [5.74, 6) is 1.41. The van der Waals surface area contributed by atoms with Crippen LogP contribution in [0.15, 0.2) is 47.3 Å². The summed E-state index contributed by atoms with van der Waals surface area (Å²) in [6.07, 6.45) is 3.11. The highest BCUT2D eigenvalue weighted by molar-refractivity contribution is 5.83. The molecule has 0 saturated heterocycles. The lowest BCUT2D eigenvalue weighted by molar-refractivity contribution is -0.122. The number of ether oxygens (including phenoxy) is 2. The van der Waals surface area contributed by atoms with Crippen molar-refractivity contribution in [1.29, 1.82) is 0 Å². The maximum absolute atomic E-state index is 13.7. The molecule has 0 aliphatic rings. The molecular formula is C28H38N4O4. The largest absolute Gasteiger partial charge is 0.497 e. The van der Waals surface area contributed by atoms with E-state index in [1.165, 1.54) is 4.57 Å². The van der Waals surface area contributed by atoms with Gasteiger partial charge in [-0.2, -0.15) is 0 Å². The minimum Gasteiger partial charge on any atom is -0.497 e. The molecule has 0 spiro atoms. The summed E-state index contributed by atoms with van der Waals surface area (Å²) in [5, 5.41) is 3.27. The van der Waals surface area contributed by atoms with E-state index in [-0.39, 0.29) is 24.1 Å². The van der Waals surface area contributed by atoms with Gasteiger partial charge in [0, 0.05) is 17.6 Å². The van der Waals surface area contributed by atoms with Gasteiger partial charge in [-0.15, -0.1) is 0 Å². The summed E-state index contributed by atoms with van der Waals surface area (Å²) in [4.78, 5) is 33.3. The zero-order chi connectivity index (χ0) is 26.2. The van der Waals surface area contributed by atoms with Gasteiger partial charge in [0.15, 0.2) is 0 Å². The highest BCUT2D eigenvalue weighted by Crippen LogP contribution is 2.25. The predicted molar refractivity (Wildman–Crippen MR) is 144 cm³/mol. The lowest BCUT2D eigenvalue weighted by atomic mass is 10.1. The first-order valence-electron chi connectivity index (χ1n) is 12.5. The van der Waals surface area contributed by atoms with Crippen LogP contribution >= 0.6 is 0 Å². The van der Waals surface area contributed by atoms with Crippen molar-refractivity contribution in [2.45, 2.75) is 58.7 Å². The molecule has 0 radical (unpaired) electrons. The van der Waals surface area contributed by atoms with Gasteiger partial charge in [-0.1, -0.05) is 25.5 Å². The molecule has 194 valence electrons. The summed E-state index contributed by atoms with van der Waals surface area (Å²) in [6, 6.07) is 13.1. The van der Waals surface area contributed by atoms with E-state index in [0.29, 0.717) is 46.4 Å². The zero-order valence-corrected chi connectivity index (χ0v) is 22.2. The fourth-order valence-electron chi connectivity index (χ4n) is 4.24. The van der Waals surface area contributed by atoms with Gasteiger partial charge < -0.3 is 19.7 Å². The Balaban J connectivity index is 1.99. The van der Waals surface area contributed by atoms with Gasteiger partial charge >= 0.3 is 0 Å². The van der Waals surface area contributed by atoms with Crippen LogP contribution in [0.4, 0.5) is 0 Å². The lowest BCUT2D eigenvalue weighted by Gasteiger charge is -2.23. The van der Waals surface area contributed by atoms with Crippen molar-refractivity contribution >= 4 is 16.8 Å². The molecule has 8 heteroatoms. The number of rotatable bonds is 12. The molecule has 1 unspecified atom stereocenters. The van der Waals surface area contributed by atoms with Crippen LogP contribution in [0.5, 0.6) is 11.5 Å². The van der Waals surface area contributed by atoms with Crippen LogP contribution in [0.2, 0.25) is 0 Å². The molecular weight excluding hydrogens is 456 g/mol. The molecule has 3 rings (SSSR count). The average Bonchev–Trinajstić information content (AvgIpc) is 2.84. The summed E-state index contributed by atoms with van der Waals surface area (Å²) >= 11 is 0. The van der Waals surface area contributed by atoms with Gasteiger partial charge in [0.1, 0.15) is 23.9 Å². The van der Waals surface area contributed by atoms with E-state index in [9.17, 15) is 9.59 Å². The Morgan fingerprint density at radius 2 is 1.89 bits per heavy atom. The Hall–Kier alpha value is -3.39. The first-order valence-corrected chi connectivity index (χ1v) is 12.5. The number of hydrogen-bond acceptors (Lipinski definition) is 6. The van der Waals surface area contributed by atoms with Crippen molar-refractivity contribution in [2.24, 2.45) is 0 Å². The maximum atomic E-state index is 13.7. The second-order valence-electron chi connectivity index (χ2n) is 9.50. The summed E-state index contributed by atoms with van der Waals surface area (Å²) in [5.41, 5.74) is 0.943. The monoisotopic (exact) mass is 494 g/mol. The molecule has 1 atom stereocenters. The Bertz CT molecular complexity index is 1240. The second kappa shape index (κ2) is 12.5. The smallest absolute Gasteiger partial charge is 0.262 e. The van der Waals surface area contributed by atoms with Crippen molar-refractivity contribution < 1.29 is 14.3 Å². The summed E-state index contributed by atoms with van der Waals surface area (Å²) in [6.45, 7) is 6.36. The van der Waals surface area contributed by atoms with Crippen molar-refractivity contribution in [3.63, 3.8) is 0 Å². The van der Waals surface area contributed by atoms with Crippen LogP contribution in [-0.2, 0) is 11.3 Å². The van der Waals surface area contributed by atoms with Gasteiger partial charge in [0.05, 0.1) is 24.6 Å². The molecule has 8 nitrogen and oxygen atoms in total. The van der Waals surface area contributed by atoms with Crippen molar-refractivity contribution in [2.75, 3.05) is 27.8 Å². The highest BCUT2D eigenvalue weighted by atomic mass is 16.5. The third kappa shape index (κ3) is 6.85. The van der Waals surface area contributed by atoms with E-state index in [0.717, 1.165) is 19.3 Å². The number of nitrogens with zero attached hydrogens (tertiary/aromatic N) is 3. The van der Waals surface area contributed by atoms with Crippen molar-refractivity contribution in [3.8, 4) is 22.9 Å². The van der Waals surface area contributed by atoms with Crippen LogP contribution < -0.4 is 20.3 Å². The van der Waals surface area contributed by atoms with Gasteiger partial charge in [0.2, 0.25) is 5.91 Å². The molecule has 0 aliphatic heterocycles. The SMILES string of the molecule is CCCC(CCOc1ccc2nc(-c3cccc(OC)c3)n(CC(=O)NC(C)C)c(=O)c2c1)N(C)C. The third-order valence-electron chi connectivity index (χ3n) is 6.08. The van der Waals surface area contributed by atoms with Gasteiger partial charge in [0.25, 0.3) is 5.56 Å². The first kappa shape index (κ1) is 27.2. The number of nitrogens with one attached hydrogen (secondary N) is 1. The number of amides is 1. The molecule has 3 aromatic rings. The standard InChI is InChI=1S/C28H38N4O4/c1-7-9-21(31(4)5)14-15-36-23-12-13-25-24(17-23)28(34)32(18-26(33)29-19(2)3)27(30-25)20-10-8-11-22(16-20)35-6/h8,10-13,16-17,19,21H,7,9,14-15,18H2,1-6H3,(H,29,33). The lowest BCUT2D eigenvalue weighted by Crippen LogP contribution is -2.37. The van der Waals surface area contributed by atoms with Crippen molar-refractivity contribution in [1.82, 2.24) is 19.8 Å². The number of aromatic nitrogens is 2. The van der Waals surface area contributed by atoms with E-state index >= 15 is 0 Å². The van der Waals surface area contributed by atoms with Crippen LogP contribution in [0.25, 0.3) is 22.3 Å². The normalized spacial score (nSPS) is 12.2. The number of fused-ring (bicyclic) bond motifs is 1. The molecule has 2 aromatic carbocycles. The van der Waals surface area contributed by atoms with Crippen molar-refractivity contribution in [3.05, 3.63) is 52.8 Å². The number of carbonyl (C=O) groups excluding carboxylic acids is 1. The third-order valence-corrected chi connectivity index (χ3v) is 6.08. The second-order valence-corrected chi connectivity index (χ2v) is 9.50. The molecule has 1 N–H and O–H groups in total. The molecule has 0 bridgehead atoms. The Morgan fingerprint density at radius 3 is 2.56 bits per heavy atom. The summed E-state index contributed by atoms with van der Waals surface area (Å²) in [7, 11) is 5.75. The van der Waals surface area contributed by atoms with Gasteiger partial charge in [-0.3, -0.25) is 14.2 Å². The average molecular weight is 495 g/mol. The number of methoxy groups -OCH3 is 1. The fourth-order valence-corrected chi connectivity index (χ4v) is 4.24. The molecule has 1 aromatic heterocycles. The molecule has 0 aliphatic carbocycles. The predicted octanol–water partition coefficient (Wildman–Crippen LogP) is 4.10. The molecule has 36 heavy (non-hydrogen) atoms. The van der Waals surface area contributed by atoms with E-state index in [4.69, 9.17) is 14.5 Å². The van der Waals surface area contributed by atoms with E-state index in [1.54, 1.807) is 25.3 Å². The topological polar surface area (TPSA) is 85.7 Å². The van der Waals surface area contributed by atoms with E-state index in [1.807, 2.05) is 38.1 Å². The Kier molecular flexibility index (Phi) is 9.47. The number of benzene rings is 2.